The minimum Gasteiger partial charge on any atom is -0.360 e. The number of benzene rings is 1. The molecule has 1 aliphatic carbocycles. The molecule has 2 aromatic rings. The molecule has 0 bridgehead atoms. The number of aryl methyl sites for hydroxylation is 2. The van der Waals surface area contributed by atoms with E-state index < -0.39 is 22.0 Å². The normalized spacial score (nSPS) is 16.5. The van der Waals surface area contributed by atoms with Gasteiger partial charge in [0.2, 0.25) is 0 Å². The Morgan fingerprint density at radius 1 is 1.23 bits per heavy atom. The third kappa shape index (κ3) is 3.96. The van der Waals surface area contributed by atoms with Crippen LogP contribution in [-0.2, 0) is 19.6 Å². The Balaban J connectivity index is 1.85. The van der Waals surface area contributed by atoms with E-state index in [4.69, 9.17) is 9.26 Å². The molecule has 0 spiro atoms. The molecule has 3 rings (SSSR count). The molecule has 1 heterocycles. The van der Waals surface area contributed by atoms with Crippen molar-refractivity contribution in [1.29, 1.82) is 0 Å². The Bertz CT molecular complexity index is 851. The molecule has 1 aliphatic rings. The quantitative estimate of drug-likeness (QED) is 0.830. The van der Waals surface area contributed by atoms with Crippen LogP contribution in [0.15, 0.2) is 39.8 Å². The van der Waals surface area contributed by atoms with Crippen molar-refractivity contribution in [3.8, 4) is 0 Å². The number of rotatable bonds is 6. The van der Waals surface area contributed by atoms with E-state index in [1.807, 2.05) is 6.07 Å². The molecule has 8 heteroatoms. The van der Waals surface area contributed by atoms with Crippen molar-refractivity contribution in [2.24, 2.45) is 0 Å². The molecular formula is C18H22N2O5S. The van der Waals surface area contributed by atoms with E-state index in [0.717, 1.165) is 25.7 Å². The summed E-state index contributed by atoms with van der Waals surface area (Å²) in [4.78, 5) is 12.7. The first-order valence-corrected chi connectivity index (χ1v) is 10.1. The second kappa shape index (κ2) is 7.59. The van der Waals surface area contributed by atoms with Gasteiger partial charge in [-0.3, -0.25) is 4.79 Å². The standard InChI is InChI=1S/C18H22N2O5S/c1-12-17(13(2)25-19-12)26(22,23)20-18(21)16(14-8-4-3-5-9-14)24-15-10-6-7-11-15/h3-5,8-9,15-16H,6-7,10-11H2,1-2H3,(H,20,21)/t16-/m0/s1. The molecule has 26 heavy (non-hydrogen) atoms. The summed E-state index contributed by atoms with van der Waals surface area (Å²) in [6, 6.07) is 8.91. The molecular weight excluding hydrogens is 356 g/mol. The lowest BCUT2D eigenvalue weighted by atomic mass is 10.1. The zero-order chi connectivity index (χ0) is 18.7. The first kappa shape index (κ1) is 18.6. The van der Waals surface area contributed by atoms with E-state index in [1.165, 1.54) is 13.8 Å². The summed E-state index contributed by atoms with van der Waals surface area (Å²) < 4.78 is 38.3. The van der Waals surface area contributed by atoms with Crippen molar-refractivity contribution in [3.63, 3.8) is 0 Å². The molecule has 1 aromatic carbocycles. The van der Waals surface area contributed by atoms with E-state index in [2.05, 4.69) is 9.88 Å². The van der Waals surface area contributed by atoms with Gasteiger partial charge in [0.15, 0.2) is 16.8 Å². The summed E-state index contributed by atoms with van der Waals surface area (Å²) >= 11 is 0. The van der Waals surface area contributed by atoms with Gasteiger partial charge in [-0.15, -0.1) is 0 Å². The molecule has 1 N–H and O–H groups in total. The maximum Gasteiger partial charge on any atom is 0.269 e. The van der Waals surface area contributed by atoms with Crippen LogP contribution in [0.5, 0.6) is 0 Å². The SMILES string of the molecule is Cc1noc(C)c1S(=O)(=O)NC(=O)[C@@H](OC1CCCC1)c1ccccc1. The first-order chi connectivity index (χ1) is 12.4. The number of hydrogen-bond acceptors (Lipinski definition) is 6. The lowest BCUT2D eigenvalue weighted by Gasteiger charge is -2.21. The van der Waals surface area contributed by atoms with E-state index in [9.17, 15) is 13.2 Å². The Morgan fingerprint density at radius 3 is 2.46 bits per heavy atom. The first-order valence-electron chi connectivity index (χ1n) is 8.58. The maximum atomic E-state index is 12.8. The summed E-state index contributed by atoms with van der Waals surface area (Å²) in [5.74, 6) is -0.584. The Labute approximate surface area is 152 Å². The van der Waals surface area contributed by atoms with Crippen LogP contribution < -0.4 is 4.72 Å². The number of sulfonamides is 1. The van der Waals surface area contributed by atoms with Crippen LogP contribution in [0.4, 0.5) is 0 Å². The molecule has 1 fully saturated rings. The van der Waals surface area contributed by atoms with Crippen molar-refractivity contribution in [3.05, 3.63) is 47.3 Å². The monoisotopic (exact) mass is 378 g/mol. The number of carbonyl (C=O) groups is 1. The minimum atomic E-state index is -4.10. The van der Waals surface area contributed by atoms with Crippen molar-refractivity contribution >= 4 is 15.9 Å². The number of carbonyl (C=O) groups excluding carboxylic acids is 1. The fourth-order valence-electron chi connectivity index (χ4n) is 3.23. The number of nitrogens with zero attached hydrogens (tertiary/aromatic N) is 1. The largest absolute Gasteiger partial charge is 0.360 e. The van der Waals surface area contributed by atoms with Crippen LogP contribution in [0.2, 0.25) is 0 Å². The zero-order valence-corrected chi connectivity index (χ0v) is 15.6. The molecule has 0 saturated heterocycles. The molecule has 0 radical (unpaired) electrons. The predicted molar refractivity (Wildman–Crippen MR) is 93.8 cm³/mol. The highest BCUT2D eigenvalue weighted by molar-refractivity contribution is 7.90. The van der Waals surface area contributed by atoms with Crippen LogP contribution >= 0.6 is 0 Å². The Hall–Kier alpha value is -2.19. The highest BCUT2D eigenvalue weighted by atomic mass is 32.2. The van der Waals surface area contributed by atoms with Crippen LogP contribution in [0, 0.1) is 13.8 Å². The summed E-state index contributed by atoms with van der Waals surface area (Å²) in [6.45, 7) is 3.00. The number of aromatic nitrogens is 1. The fourth-order valence-corrected chi connectivity index (χ4v) is 4.55. The Morgan fingerprint density at radius 2 is 1.88 bits per heavy atom. The number of hydrogen-bond donors (Lipinski definition) is 1. The van der Waals surface area contributed by atoms with E-state index >= 15 is 0 Å². The van der Waals surface area contributed by atoms with E-state index in [-0.39, 0.29) is 22.5 Å². The van der Waals surface area contributed by atoms with Crippen LogP contribution in [-0.4, -0.2) is 25.6 Å². The average Bonchev–Trinajstić information content (AvgIpc) is 3.22. The molecule has 0 aliphatic heterocycles. The lowest BCUT2D eigenvalue weighted by Crippen LogP contribution is -2.37. The maximum absolute atomic E-state index is 12.8. The topological polar surface area (TPSA) is 98.5 Å². The summed E-state index contributed by atoms with van der Waals surface area (Å²) in [5, 5.41) is 3.64. The molecule has 1 aromatic heterocycles. The average molecular weight is 378 g/mol. The van der Waals surface area contributed by atoms with Gasteiger partial charge >= 0.3 is 0 Å². The molecule has 1 saturated carbocycles. The van der Waals surface area contributed by atoms with Crippen molar-refractivity contribution < 1.29 is 22.5 Å². The van der Waals surface area contributed by atoms with Crippen LogP contribution in [0.25, 0.3) is 0 Å². The van der Waals surface area contributed by atoms with Crippen LogP contribution in [0.1, 0.15) is 48.8 Å². The third-order valence-electron chi connectivity index (χ3n) is 4.44. The second-order valence-electron chi connectivity index (χ2n) is 6.46. The molecule has 7 nitrogen and oxygen atoms in total. The van der Waals surface area contributed by atoms with Gasteiger partial charge in [-0.05, 0) is 32.3 Å². The molecule has 1 atom stereocenters. The summed E-state index contributed by atoms with van der Waals surface area (Å²) in [5.41, 5.74) is 0.821. The fraction of sp³-hybridized carbons (Fsp3) is 0.444. The smallest absolute Gasteiger partial charge is 0.269 e. The van der Waals surface area contributed by atoms with Crippen LogP contribution in [0.3, 0.4) is 0 Å². The number of amides is 1. The van der Waals surface area contributed by atoms with Crippen molar-refractivity contribution in [2.45, 2.75) is 56.6 Å². The van der Waals surface area contributed by atoms with Crippen molar-refractivity contribution in [2.75, 3.05) is 0 Å². The minimum absolute atomic E-state index is 0.0484. The molecule has 140 valence electrons. The third-order valence-corrected chi connectivity index (χ3v) is 6.03. The highest BCUT2D eigenvalue weighted by Crippen LogP contribution is 2.29. The van der Waals surface area contributed by atoms with Crippen molar-refractivity contribution in [1.82, 2.24) is 9.88 Å². The highest BCUT2D eigenvalue weighted by Gasteiger charge is 2.32. The number of ether oxygens (including phenoxy) is 1. The van der Waals surface area contributed by atoms with Gasteiger partial charge in [-0.2, -0.15) is 0 Å². The zero-order valence-electron chi connectivity index (χ0n) is 14.8. The molecule has 1 amide bonds. The van der Waals surface area contributed by atoms with Gasteiger partial charge in [0, 0.05) is 0 Å². The molecule has 0 unspecified atom stereocenters. The van der Waals surface area contributed by atoms with Gasteiger partial charge in [0.05, 0.1) is 6.10 Å². The summed E-state index contributed by atoms with van der Waals surface area (Å²) in [6.07, 6.45) is 2.79. The van der Waals surface area contributed by atoms with Gasteiger partial charge in [0.25, 0.3) is 15.9 Å². The van der Waals surface area contributed by atoms with Gasteiger partial charge in [-0.1, -0.05) is 48.3 Å². The Kier molecular flexibility index (Phi) is 5.43. The van der Waals surface area contributed by atoms with Gasteiger partial charge in [0.1, 0.15) is 5.69 Å². The summed E-state index contributed by atoms with van der Waals surface area (Å²) in [7, 11) is -4.10. The van der Waals surface area contributed by atoms with E-state index in [0.29, 0.717) is 5.56 Å². The van der Waals surface area contributed by atoms with E-state index in [1.54, 1.807) is 24.3 Å². The number of nitrogens with one attached hydrogen (secondary N) is 1. The predicted octanol–water partition coefficient (Wildman–Crippen LogP) is 2.80. The van der Waals surface area contributed by atoms with Gasteiger partial charge in [-0.25, -0.2) is 13.1 Å². The van der Waals surface area contributed by atoms with Gasteiger partial charge < -0.3 is 9.26 Å². The second-order valence-corrected chi connectivity index (χ2v) is 8.08. The lowest BCUT2D eigenvalue weighted by molar-refractivity contribution is -0.135.